The van der Waals surface area contributed by atoms with E-state index in [1.807, 2.05) is 49.4 Å². The lowest BCUT2D eigenvalue weighted by molar-refractivity contribution is 0.236. The van der Waals surface area contributed by atoms with Crippen LogP contribution in [0.25, 0.3) is 0 Å². The first-order valence-electron chi connectivity index (χ1n) is 7.82. The van der Waals surface area contributed by atoms with Crippen molar-refractivity contribution in [2.45, 2.75) is 27.3 Å². The normalized spacial score (nSPS) is 10.2. The quantitative estimate of drug-likeness (QED) is 0.802. The number of carbonyl (C=O) groups excluding carboxylic acids is 1. The van der Waals surface area contributed by atoms with Gasteiger partial charge in [-0.3, -0.25) is 0 Å². The zero-order chi connectivity index (χ0) is 16.7. The maximum absolute atomic E-state index is 11.7. The Kier molecular flexibility index (Phi) is 6.03. The predicted molar refractivity (Wildman–Crippen MR) is 92.8 cm³/mol. The van der Waals surface area contributed by atoms with Gasteiger partial charge in [-0.15, -0.1) is 0 Å². The summed E-state index contributed by atoms with van der Waals surface area (Å²) in [6.45, 7) is 7.59. The minimum absolute atomic E-state index is 0.186. The fourth-order valence-electron chi connectivity index (χ4n) is 2.09. The maximum atomic E-state index is 11.7. The molecule has 2 aromatic carbocycles. The van der Waals surface area contributed by atoms with Gasteiger partial charge in [0.2, 0.25) is 0 Å². The number of rotatable bonds is 6. The molecule has 2 rings (SSSR count). The molecule has 0 saturated heterocycles. The van der Waals surface area contributed by atoms with E-state index in [2.05, 4.69) is 24.5 Å². The summed E-state index contributed by atoms with van der Waals surface area (Å²) in [6.07, 6.45) is 0. The molecule has 122 valence electrons. The number of ether oxygens (including phenoxy) is 1. The number of aryl methyl sites for hydroxylation is 3. The van der Waals surface area contributed by atoms with Crippen LogP contribution in [0.3, 0.4) is 0 Å². The Morgan fingerprint density at radius 2 is 1.70 bits per heavy atom. The predicted octanol–water partition coefficient (Wildman–Crippen LogP) is 3.49. The van der Waals surface area contributed by atoms with Crippen molar-refractivity contribution in [1.82, 2.24) is 10.6 Å². The molecule has 0 atom stereocenters. The van der Waals surface area contributed by atoms with Crippen LogP contribution in [0, 0.1) is 20.8 Å². The van der Waals surface area contributed by atoms with Gasteiger partial charge in [-0.05, 0) is 49.6 Å². The number of hydrogen-bond donors (Lipinski definition) is 2. The van der Waals surface area contributed by atoms with E-state index in [0.29, 0.717) is 19.7 Å². The summed E-state index contributed by atoms with van der Waals surface area (Å²) in [5.74, 6) is 0.829. The molecule has 0 bridgehead atoms. The van der Waals surface area contributed by atoms with Crippen molar-refractivity contribution in [3.63, 3.8) is 0 Å². The van der Waals surface area contributed by atoms with Gasteiger partial charge in [0.05, 0.1) is 6.54 Å². The Morgan fingerprint density at radius 3 is 2.39 bits per heavy atom. The van der Waals surface area contributed by atoms with Gasteiger partial charge >= 0.3 is 6.03 Å². The SMILES string of the molecule is Cc1ccc(CNC(=O)NCCOc2ccc(C)c(C)c2)cc1. The number of amides is 2. The van der Waals surface area contributed by atoms with Crippen molar-refractivity contribution in [2.75, 3.05) is 13.2 Å². The van der Waals surface area contributed by atoms with Crippen LogP contribution in [-0.2, 0) is 6.54 Å². The highest BCUT2D eigenvalue weighted by Crippen LogP contribution is 2.15. The third kappa shape index (κ3) is 5.66. The van der Waals surface area contributed by atoms with Crippen LogP contribution in [0.15, 0.2) is 42.5 Å². The van der Waals surface area contributed by atoms with Crippen molar-refractivity contribution >= 4 is 6.03 Å². The number of nitrogens with one attached hydrogen (secondary N) is 2. The van der Waals surface area contributed by atoms with E-state index in [1.165, 1.54) is 16.7 Å². The van der Waals surface area contributed by atoms with E-state index < -0.39 is 0 Å². The molecule has 0 unspecified atom stereocenters. The molecule has 4 heteroatoms. The van der Waals surface area contributed by atoms with Crippen LogP contribution in [0.1, 0.15) is 22.3 Å². The number of hydrogen-bond acceptors (Lipinski definition) is 2. The van der Waals surface area contributed by atoms with Crippen LogP contribution in [-0.4, -0.2) is 19.2 Å². The van der Waals surface area contributed by atoms with E-state index in [-0.39, 0.29) is 6.03 Å². The molecule has 2 N–H and O–H groups in total. The molecule has 0 radical (unpaired) electrons. The lowest BCUT2D eigenvalue weighted by atomic mass is 10.1. The molecule has 2 amide bonds. The second-order valence-electron chi connectivity index (χ2n) is 5.69. The fourth-order valence-corrected chi connectivity index (χ4v) is 2.09. The van der Waals surface area contributed by atoms with Crippen molar-refractivity contribution in [3.8, 4) is 5.75 Å². The average Bonchev–Trinajstić information content (AvgIpc) is 2.54. The summed E-state index contributed by atoms with van der Waals surface area (Å²) < 4.78 is 5.63. The van der Waals surface area contributed by atoms with Gasteiger partial charge in [0.15, 0.2) is 0 Å². The van der Waals surface area contributed by atoms with Crippen molar-refractivity contribution in [1.29, 1.82) is 0 Å². The number of benzene rings is 2. The topological polar surface area (TPSA) is 50.4 Å². The molecule has 2 aromatic rings. The zero-order valence-electron chi connectivity index (χ0n) is 14.0. The van der Waals surface area contributed by atoms with Crippen LogP contribution in [0.2, 0.25) is 0 Å². The van der Waals surface area contributed by atoms with Crippen molar-refractivity contribution in [3.05, 3.63) is 64.7 Å². The third-order valence-corrected chi connectivity index (χ3v) is 3.71. The highest BCUT2D eigenvalue weighted by Gasteiger charge is 2.01. The van der Waals surface area contributed by atoms with E-state index in [9.17, 15) is 4.79 Å². The summed E-state index contributed by atoms with van der Waals surface area (Å²) >= 11 is 0. The minimum atomic E-state index is -0.186. The van der Waals surface area contributed by atoms with E-state index in [0.717, 1.165) is 11.3 Å². The molecule has 0 aromatic heterocycles. The van der Waals surface area contributed by atoms with Crippen molar-refractivity contribution in [2.24, 2.45) is 0 Å². The van der Waals surface area contributed by atoms with Crippen LogP contribution in [0.4, 0.5) is 4.79 Å². The molecule has 0 aliphatic heterocycles. The smallest absolute Gasteiger partial charge is 0.315 e. The van der Waals surface area contributed by atoms with E-state index >= 15 is 0 Å². The van der Waals surface area contributed by atoms with E-state index in [1.54, 1.807) is 0 Å². The van der Waals surface area contributed by atoms with Crippen LogP contribution >= 0.6 is 0 Å². The van der Waals surface area contributed by atoms with Crippen molar-refractivity contribution < 1.29 is 9.53 Å². The van der Waals surface area contributed by atoms with Gasteiger partial charge in [0, 0.05) is 6.54 Å². The standard InChI is InChI=1S/C19H24N2O2/c1-14-4-7-17(8-5-14)13-21-19(22)20-10-11-23-18-9-6-15(2)16(3)12-18/h4-9,12H,10-11,13H2,1-3H3,(H2,20,21,22). The Labute approximate surface area is 137 Å². The lowest BCUT2D eigenvalue weighted by Crippen LogP contribution is -2.37. The molecular formula is C19H24N2O2. The van der Waals surface area contributed by atoms with Gasteiger partial charge in [-0.2, -0.15) is 0 Å². The Hall–Kier alpha value is -2.49. The molecule has 4 nitrogen and oxygen atoms in total. The number of urea groups is 1. The second kappa shape index (κ2) is 8.22. The third-order valence-electron chi connectivity index (χ3n) is 3.71. The molecular weight excluding hydrogens is 288 g/mol. The molecule has 0 aliphatic carbocycles. The van der Waals surface area contributed by atoms with Gasteiger partial charge in [0.25, 0.3) is 0 Å². The summed E-state index contributed by atoms with van der Waals surface area (Å²) in [6, 6.07) is 13.9. The molecule has 0 spiro atoms. The summed E-state index contributed by atoms with van der Waals surface area (Å²) in [5.41, 5.74) is 4.73. The molecule has 0 fully saturated rings. The largest absolute Gasteiger partial charge is 0.492 e. The monoisotopic (exact) mass is 312 g/mol. The first kappa shape index (κ1) is 16.9. The highest BCUT2D eigenvalue weighted by molar-refractivity contribution is 5.73. The Morgan fingerprint density at radius 1 is 0.957 bits per heavy atom. The lowest BCUT2D eigenvalue weighted by Gasteiger charge is -2.10. The first-order valence-corrected chi connectivity index (χ1v) is 7.82. The van der Waals surface area contributed by atoms with Gasteiger partial charge in [-0.25, -0.2) is 4.79 Å². The Bertz CT molecular complexity index is 651. The van der Waals surface area contributed by atoms with Gasteiger partial charge < -0.3 is 15.4 Å². The summed E-state index contributed by atoms with van der Waals surface area (Å²) in [4.78, 5) is 11.7. The van der Waals surface area contributed by atoms with E-state index in [4.69, 9.17) is 4.74 Å². The Balaban J connectivity index is 1.64. The molecule has 0 saturated carbocycles. The van der Waals surface area contributed by atoms with Gasteiger partial charge in [0.1, 0.15) is 12.4 Å². The molecule has 23 heavy (non-hydrogen) atoms. The van der Waals surface area contributed by atoms with Crippen LogP contribution < -0.4 is 15.4 Å². The summed E-state index contributed by atoms with van der Waals surface area (Å²) in [5, 5.41) is 5.61. The average molecular weight is 312 g/mol. The zero-order valence-corrected chi connectivity index (χ0v) is 14.0. The first-order chi connectivity index (χ1) is 11.0. The molecule has 0 heterocycles. The maximum Gasteiger partial charge on any atom is 0.315 e. The minimum Gasteiger partial charge on any atom is -0.492 e. The van der Waals surface area contributed by atoms with Crippen LogP contribution in [0.5, 0.6) is 5.75 Å². The molecule has 0 aliphatic rings. The highest BCUT2D eigenvalue weighted by atomic mass is 16.5. The summed E-state index contributed by atoms with van der Waals surface area (Å²) in [7, 11) is 0. The fraction of sp³-hybridized carbons (Fsp3) is 0.316. The van der Waals surface area contributed by atoms with Gasteiger partial charge in [-0.1, -0.05) is 35.9 Å². The second-order valence-corrected chi connectivity index (χ2v) is 5.69. The number of carbonyl (C=O) groups is 1.